The van der Waals surface area contributed by atoms with Crippen molar-refractivity contribution in [2.24, 2.45) is 5.92 Å². The van der Waals surface area contributed by atoms with Crippen molar-refractivity contribution in [3.8, 4) is 11.3 Å². The molecule has 2 aromatic carbocycles. The van der Waals surface area contributed by atoms with E-state index in [1.165, 1.54) is 37.1 Å². The minimum atomic E-state index is -0.522. The molecule has 166 valence electrons. The number of hydrogen-bond donors (Lipinski definition) is 1. The lowest BCUT2D eigenvalue weighted by molar-refractivity contribution is -0.132. The molecular weight excluding hydrogens is 434 g/mol. The average Bonchev–Trinajstić information content (AvgIpc) is 3.56. The Balaban J connectivity index is 1.46. The highest BCUT2D eigenvalue weighted by Crippen LogP contribution is 2.35. The third kappa shape index (κ3) is 4.35. The van der Waals surface area contributed by atoms with Gasteiger partial charge in [-0.25, -0.2) is 13.8 Å². The fourth-order valence-corrected chi connectivity index (χ4v) is 4.20. The van der Waals surface area contributed by atoms with Crippen LogP contribution in [0.5, 0.6) is 0 Å². The maximum atomic E-state index is 14.0. The van der Waals surface area contributed by atoms with E-state index in [1.54, 1.807) is 18.2 Å². The molecule has 5 nitrogen and oxygen atoms in total. The number of nitrogens with zero attached hydrogens (tertiary/aromatic N) is 3. The molecule has 1 fully saturated rings. The molecule has 8 heteroatoms. The Bertz CT molecular complexity index is 1160. The second kappa shape index (κ2) is 8.54. The van der Waals surface area contributed by atoms with Crippen LogP contribution < -0.4 is 5.32 Å². The van der Waals surface area contributed by atoms with Crippen molar-refractivity contribution in [2.45, 2.75) is 38.8 Å². The Morgan fingerprint density at radius 3 is 2.62 bits per heavy atom. The SMILES string of the molecule is O=C(CCC1CC1)N1CCn2c(nc(-c3ccc(F)cc3)c2Nc2ccc(Cl)c(F)c2)C1. The van der Waals surface area contributed by atoms with Gasteiger partial charge in [0.05, 0.1) is 11.6 Å². The van der Waals surface area contributed by atoms with Gasteiger partial charge in [0.15, 0.2) is 0 Å². The van der Waals surface area contributed by atoms with E-state index in [0.29, 0.717) is 49.2 Å². The number of imidazole rings is 1. The second-order valence-electron chi connectivity index (χ2n) is 8.44. The van der Waals surface area contributed by atoms with Gasteiger partial charge < -0.3 is 14.8 Å². The Hall–Kier alpha value is -2.93. The summed E-state index contributed by atoms with van der Waals surface area (Å²) in [5.41, 5.74) is 1.89. The maximum Gasteiger partial charge on any atom is 0.223 e. The summed E-state index contributed by atoms with van der Waals surface area (Å²) in [5, 5.41) is 3.31. The van der Waals surface area contributed by atoms with Crippen molar-refractivity contribution in [1.82, 2.24) is 14.5 Å². The molecule has 1 N–H and O–H groups in total. The first-order valence-corrected chi connectivity index (χ1v) is 11.2. The number of halogens is 3. The molecule has 1 aromatic heterocycles. The number of fused-ring (bicyclic) bond motifs is 1. The van der Waals surface area contributed by atoms with Gasteiger partial charge in [0.2, 0.25) is 5.91 Å². The second-order valence-corrected chi connectivity index (χ2v) is 8.84. The summed E-state index contributed by atoms with van der Waals surface area (Å²) in [7, 11) is 0. The summed E-state index contributed by atoms with van der Waals surface area (Å²) in [4.78, 5) is 19.3. The van der Waals surface area contributed by atoms with Crippen LogP contribution in [0.15, 0.2) is 42.5 Å². The molecule has 0 spiro atoms. The van der Waals surface area contributed by atoms with Gasteiger partial charge in [-0.15, -0.1) is 0 Å². The first kappa shape index (κ1) is 20.9. The highest BCUT2D eigenvalue weighted by atomic mass is 35.5. The highest BCUT2D eigenvalue weighted by molar-refractivity contribution is 6.30. The van der Waals surface area contributed by atoms with Gasteiger partial charge in [0, 0.05) is 30.8 Å². The van der Waals surface area contributed by atoms with Crippen molar-refractivity contribution < 1.29 is 13.6 Å². The lowest BCUT2D eigenvalue weighted by Gasteiger charge is -2.28. The van der Waals surface area contributed by atoms with Crippen LogP contribution in [-0.4, -0.2) is 26.9 Å². The van der Waals surface area contributed by atoms with E-state index in [9.17, 15) is 13.6 Å². The van der Waals surface area contributed by atoms with E-state index in [4.69, 9.17) is 16.6 Å². The van der Waals surface area contributed by atoms with Crippen LogP contribution in [0.3, 0.4) is 0 Å². The number of aromatic nitrogens is 2. The van der Waals surface area contributed by atoms with Crippen LogP contribution >= 0.6 is 11.6 Å². The first-order chi connectivity index (χ1) is 15.5. The molecule has 0 bridgehead atoms. The molecule has 1 saturated carbocycles. The molecule has 2 heterocycles. The fourth-order valence-electron chi connectivity index (χ4n) is 4.08. The van der Waals surface area contributed by atoms with Gasteiger partial charge in [-0.1, -0.05) is 24.4 Å². The number of rotatable bonds is 6. The minimum Gasteiger partial charge on any atom is -0.340 e. The molecule has 5 rings (SSSR count). The van der Waals surface area contributed by atoms with Crippen molar-refractivity contribution >= 4 is 29.0 Å². The summed E-state index contributed by atoms with van der Waals surface area (Å²) < 4.78 is 29.5. The van der Waals surface area contributed by atoms with E-state index in [-0.39, 0.29) is 16.7 Å². The lowest BCUT2D eigenvalue weighted by Crippen LogP contribution is -2.38. The third-order valence-electron chi connectivity index (χ3n) is 6.09. The largest absolute Gasteiger partial charge is 0.340 e. The number of nitrogens with one attached hydrogen (secondary N) is 1. The number of carbonyl (C=O) groups is 1. The maximum absolute atomic E-state index is 14.0. The first-order valence-electron chi connectivity index (χ1n) is 10.8. The predicted octanol–water partition coefficient (Wildman–Crippen LogP) is 5.76. The predicted molar refractivity (Wildman–Crippen MR) is 120 cm³/mol. The van der Waals surface area contributed by atoms with Crippen LogP contribution in [0.4, 0.5) is 20.3 Å². The number of carbonyl (C=O) groups excluding carboxylic acids is 1. The summed E-state index contributed by atoms with van der Waals surface area (Å²) >= 11 is 5.82. The normalized spacial score (nSPS) is 15.5. The minimum absolute atomic E-state index is 0.0463. The Kier molecular flexibility index (Phi) is 5.59. The third-order valence-corrected chi connectivity index (χ3v) is 6.40. The fraction of sp³-hybridized carbons (Fsp3) is 0.333. The standard InChI is InChI=1S/C24H23ClF2N4O/c25-19-9-8-18(13-20(19)27)28-24-23(16-4-6-17(26)7-5-16)29-21-14-30(11-12-31(21)24)22(32)10-3-15-1-2-15/h4-9,13,15,28H,1-3,10-12,14H2. The zero-order chi connectivity index (χ0) is 22.2. The molecule has 0 saturated heterocycles. The summed E-state index contributed by atoms with van der Waals surface area (Å²) in [6.45, 7) is 1.56. The van der Waals surface area contributed by atoms with Crippen LogP contribution in [-0.2, 0) is 17.9 Å². The van der Waals surface area contributed by atoms with Crippen molar-refractivity contribution in [3.63, 3.8) is 0 Å². The molecule has 32 heavy (non-hydrogen) atoms. The van der Waals surface area contributed by atoms with E-state index in [0.717, 1.165) is 17.8 Å². The van der Waals surface area contributed by atoms with Gasteiger partial charge in [-0.2, -0.15) is 0 Å². The van der Waals surface area contributed by atoms with Crippen molar-refractivity contribution in [3.05, 3.63) is 64.9 Å². The monoisotopic (exact) mass is 456 g/mol. The van der Waals surface area contributed by atoms with Crippen LogP contribution in [0.2, 0.25) is 5.02 Å². The number of benzene rings is 2. The van der Waals surface area contributed by atoms with Crippen molar-refractivity contribution in [2.75, 3.05) is 11.9 Å². The molecular formula is C24H23ClF2N4O. The van der Waals surface area contributed by atoms with E-state index in [1.807, 2.05) is 9.47 Å². The topological polar surface area (TPSA) is 50.2 Å². The van der Waals surface area contributed by atoms with Gasteiger partial charge in [0.25, 0.3) is 0 Å². The van der Waals surface area contributed by atoms with Crippen LogP contribution in [0.1, 0.15) is 31.5 Å². The Labute approximate surface area is 190 Å². The molecule has 0 unspecified atom stereocenters. The lowest BCUT2D eigenvalue weighted by atomic mass is 10.1. The molecule has 1 amide bonds. The zero-order valence-corrected chi connectivity index (χ0v) is 18.2. The van der Waals surface area contributed by atoms with Gasteiger partial charge >= 0.3 is 0 Å². The smallest absolute Gasteiger partial charge is 0.223 e. The molecule has 3 aromatic rings. The Morgan fingerprint density at radius 2 is 1.91 bits per heavy atom. The molecule has 1 aliphatic carbocycles. The molecule has 1 aliphatic heterocycles. The molecule has 0 atom stereocenters. The van der Waals surface area contributed by atoms with Crippen LogP contribution in [0, 0.1) is 17.6 Å². The van der Waals surface area contributed by atoms with Gasteiger partial charge in [-0.3, -0.25) is 4.79 Å². The van der Waals surface area contributed by atoms with E-state index >= 15 is 0 Å². The number of amides is 1. The number of anilines is 2. The quantitative estimate of drug-likeness (QED) is 0.513. The van der Waals surface area contributed by atoms with Crippen LogP contribution in [0.25, 0.3) is 11.3 Å². The summed E-state index contributed by atoms with van der Waals surface area (Å²) in [6, 6.07) is 10.6. The van der Waals surface area contributed by atoms with Gasteiger partial charge in [0.1, 0.15) is 29.0 Å². The highest BCUT2D eigenvalue weighted by Gasteiger charge is 2.28. The summed E-state index contributed by atoms with van der Waals surface area (Å²) in [6.07, 6.45) is 4.00. The average molecular weight is 457 g/mol. The summed E-state index contributed by atoms with van der Waals surface area (Å²) in [5.74, 6) is 1.44. The molecule has 2 aliphatic rings. The molecule has 0 radical (unpaired) electrons. The van der Waals surface area contributed by atoms with Gasteiger partial charge in [-0.05, 0) is 54.8 Å². The number of hydrogen-bond acceptors (Lipinski definition) is 3. The van der Waals surface area contributed by atoms with E-state index < -0.39 is 5.82 Å². The van der Waals surface area contributed by atoms with E-state index in [2.05, 4.69) is 5.32 Å². The van der Waals surface area contributed by atoms with Crippen molar-refractivity contribution in [1.29, 1.82) is 0 Å². The zero-order valence-electron chi connectivity index (χ0n) is 17.5. The Morgan fingerprint density at radius 1 is 1.12 bits per heavy atom.